The van der Waals surface area contributed by atoms with Gasteiger partial charge in [-0.3, -0.25) is 4.79 Å². The van der Waals surface area contributed by atoms with E-state index < -0.39 is 0 Å². The fourth-order valence-electron chi connectivity index (χ4n) is 2.93. The van der Waals surface area contributed by atoms with Crippen LogP contribution in [0, 0.1) is 0 Å². The molecule has 1 aliphatic heterocycles. The Kier molecular flexibility index (Phi) is 5.38. The average molecular weight is 341 g/mol. The Balaban J connectivity index is 1.52. The Morgan fingerprint density at radius 1 is 1.00 bits per heavy atom. The van der Waals surface area contributed by atoms with Gasteiger partial charge in [-0.2, -0.15) is 0 Å². The zero-order valence-corrected chi connectivity index (χ0v) is 14.4. The molecule has 6 heteroatoms. The first-order valence-corrected chi connectivity index (χ1v) is 8.50. The summed E-state index contributed by atoms with van der Waals surface area (Å²) in [6.07, 6.45) is 4.11. The maximum absolute atomic E-state index is 12.5. The van der Waals surface area contributed by atoms with E-state index in [1.807, 2.05) is 60.4 Å². The monoisotopic (exact) mass is 341 g/mol. The minimum Gasteiger partial charge on any atom is -0.445 e. The number of nitrogens with zero attached hydrogens (tertiary/aromatic N) is 3. The number of aryl methyl sites for hydroxylation is 1. The maximum Gasteiger partial charge on any atom is 0.410 e. The summed E-state index contributed by atoms with van der Waals surface area (Å²) in [6, 6.07) is 11.4. The molecule has 2 amide bonds. The van der Waals surface area contributed by atoms with E-state index in [0.717, 1.165) is 12.0 Å². The van der Waals surface area contributed by atoms with E-state index >= 15 is 0 Å². The zero-order valence-electron chi connectivity index (χ0n) is 14.4. The molecule has 0 bridgehead atoms. The van der Waals surface area contributed by atoms with Crippen LogP contribution in [0.3, 0.4) is 0 Å². The first-order valence-electron chi connectivity index (χ1n) is 8.50. The summed E-state index contributed by atoms with van der Waals surface area (Å²) >= 11 is 0. The SMILES string of the molecule is Cn1ccc(C(=O)N2CCCN(C(=O)OCc3ccccc3)CC2)c1. The number of hydrogen-bond acceptors (Lipinski definition) is 3. The molecule has 2 heterocycles. The number of ether oxygens (including phenoxy) is 1. The molecule has 0 aliphatic carbocycles. The molecule has 1 aromatic heterocycles. The second-order valence-electron chi connectivity index (χ2n) is 6.24. The van der Waals surface area contributed by atoms with Crippen LogP contribution in [0.25, 0.3) is 0 Å². The Labute approximate surface area is 147 Å². The molecule has 25 heavy (non-hydrogen) atoms. The van der Waals surface area contributed by atoms with E-state index in [-0.39, 0.29) is 18.6 Å². The second-order valence-corrected chi connectivity index (χ2v) is 6.24. The van der Waals surface area contributed by atoms with Crippen molar-refractivity contribution in [3.63, 3.8) is 0 Å². The summed E-state index contributed by atoms with van der Waals surface area (Å²) in [6.45, 7) is 2.53. The smallest absolute Gasteiger partial charge is 0.410 e. The van der Waals surface area contributed by atoms with Gasteiger partial charge in [-0.25, -0.2) is 4.79 Å². The topological polar surface area (TPSA) is 54.8 Å². The molecular weight excluding hydrogens is 318 g/mol. The van der Waals surface area contributed by atoms with Gasteiger partial charge < -0.3 is 19.1 Å². The number of carbonyl (C=O) groups excluding carboxylic acids is 2. The van der Waals surface area contributed by atoms with E-state index in [2.05, 4.69) is 0 Å². The quantitative estimate of drug-likeness (QED) is 0.862. The van der Waals surface area contributed by atoms with Gasteiger partial charge in [0.1, 0.15) is 6.61 Å². The Morgan fingerprint density at radius 2 is 1.72 bits per heavy atom. The second kappa shape index (κ2) is 7.88. The summed E-state index contributed by atoms with van der Waals surface area (Å²) in [7, 11) is 1.89. The highest BCUT2D eigenvalue weighted by Crippen LogP contribution is 2.11. The van der Waals surface area contributed by atoms with E-state index in [1.54, 1.807) is 9.80 Å². The largest absolute Gasteiger partial charge is 0.445 e. The van der Waals surface area contributed by atoms with Crippen molar-refractivity contribution >= 4 is 12.0 Å². The van der Waals surface area contributed by atoms with Crippen molar-refractivity contribution in [2.24, 2.45) is 7.05 Å². The van der Waals surface area contributed by atoms with E-state index in [4.69, 9.17) is 4.74 Å². The molecule has 1 saturated heterocycles. The van der Waals surface area contributed by atoms with Gasteiger partial charge in [0.05, 0.1) is 5.56 Å². The van der Waals surface area contributed by atoms with E-state index in [0.29, 0.717) is 31.7 Å². The molecule has 0 radical (unpaired) electrons. The highest BCUT2D eigenvalue weighted by Gasteiger charge is 2.23. The summed E-state index contributed by atoms with van der Waals surface area (Å²) in [5.41, 5.74) is 1.65. The standard InChI is InChI=1S/C19H23N3O3/c1-20-11-8-17(14-20)18(23)21-9-5-10-22(13-12-21)19(24)25-15-16-6-3-2-4-7-16/h2-4,6-8,11,14H,5,9-10,12-13,15H2,1H3. The van der Waals surface area contributed by atoms with Crippen molar-refractivity contribution in [3.8, 4) is 0 Å². The third kappa shape index (κ3) is 4.41. The fourth-order valence-corrected chi connectivity index (χ4v) is 2.93. The van der Waals surface area contributed by atoms with Crippen molar-refractivity contribution in [1.82, 2.24) is 14.4 Å². The van der Waals surface area contributed by atoms with Crippen LogP contribution in [-0.4, -0.2) is 52.5 Å². The Bertz CT molecular complexity index is 727. The lowest BCUT2D eigenvalue weighted by Gasteiger charge is -2.21. The minimum atomic E-state index is -0.321. The van der Waals surface area contributed by atoms with Crippen molar-refractivity contribution in [1.29, 1.82) is 0 Å². The van der Waals surface area contributed by atoms with Gasteiger partial charge in [0, 0.05) is 45.6 Å². The van der Waals surface area contributed by atoms with Gasteiger partial charge in [-0.15, -0.1) is 0 Å². The van der Waals surface area contributed by atoms with Crippen molar-refractivity contribution in [2.75, 3.05) is 26.2 Å². The minimum absolute atomic E-state index is 0.0140. The van der Waals surface area contributed by atoms with Gasteiger partial charge >= 0.3 is 6.09 Å². The van der Waals surface area contributed by atoms with Gasteiger partial charge in [-0.05, 0) is 18.1 Å². The molecule has 3 rings (SSSR count). The first kappa shape index (κ1) is 17.1. The number of hydrogen-bond donors (Lipinski definition) is 0. The maximum atomic E-state index is 12.5. The highest BCUT2D eigenvalue weighted by molar-refractivity contribution is 5.94. The van der Waals surface area contributed by atoms with Crippen LogP contribution >= 0.6 is 0 Å². The van der Waals surface area contributed by atoms with Crippen LogP contribution in [0.15, 0.2) is 48.8 Å². The van der Waals surface area contributed by atoms with Crippen molar-refractivity contribution in [3.05, 3.63) is 59.9 Å². The first-order chi connectivity index (χ1) is 12.1. The normalized spacial score (nSPS) is 14.9. The summed E-state index contributed by atoms with van der Waals surface area (Å²) in [4.78, 5) is 28.3. The molecule has 6 nitrogen and oxygen atoms in total. The fraction of sp³-hybridized carbons (Fsp3) is 0.368. The number of carbonyl (C=O) groups is 2. The molecule has 0 unspecified atom stereocenters. The molecule has 0 atom stereocenters. The molecule has 0 spiro atoms. The predicted molar refractivity (Wildman–Crippen MR) is 94.1 cm³/mol. The Hall–Kier alpha value is -2.76. The molecule has 132 valence electrons. The number of rotatable bonds is 3. The third-order valence-corrected chi connectivity index (χ3v) is 4.33. The van der Waals surface area contributed by atoms with Crippen LogP contribution < -0.4 is 0 Å². The van der Waals surface area contributed by atoms with Gasteiger partial charge in [0.2, 0.25) is 0 Å². The number of benzene rings is 1. The van der Waals surface area contributed by atoms with Crippen molar-refractivity contribution < 1.29 is 14.3 Å². The molecule has 1 aromatic carbocycles. The van der Waals surface area contributed by atoms with Crippen molar-refractivity contribution in [2.45, 2.75) is 13.0 Å². The highest BCUT2D eigenvalue weighted by atomic mass is 16.6. The molecule has 0 N–H and O–H groups in total. The van der Waals surface area contributed by atoms with Gasteiger partial charge in [0.25, 0.3) is 5.91 Å². The molecule has 1 aliphatic rings. The van der Waals surface area contributed by atoms with Crippen LogP contribution in [0.2, 0.25) is 0 Å². The van der Waals surface area contributed by atoms with E-state index in [1.165, 1.54) is 0 Å². The lowest BCUT2D eigenvalue weighted by molar-refractivity contribution is 0.0749. The molecular formula is C19H23N3O3. The third-order valence-electron chi connectivity index (χ3n) is 4.33. The van der Waals surface area contributed by atoms with Gasteiger partial charge in [0.15, 0.2) is 0 Å². The van der Waals surface area contributed by atoms with Crippen LogP contribution in [0.4, 0.5) is 4.79 Å². The molecule has 1 fully saturated rings. The summed E-state index contributed by atoms with van der Waals surface area (Å²) in [5, 5.41) is 0. The zero-order chi connectivity index (χ0) is 17.6. The van der Waals surface area contributed by atoms with Crippen LogP contribution in [0.5, 0.6) is 0 Å². The summed E-state index contributed by atoms with van der Waals surface area (Å²) < 4.78 is 7.25. The summed E-state index contributed by atoms with van der Waals surface area (Å²) in [5.74, 6) is 0.0140. The Morgan fingerprint density at radius 3 is 2.44 bits per heavy atom. The van der Waals surface area contributed by atoms with Crippen LogP contribution in [-0.2, 0) is 18.4 Å². The molecule has 0 saturated carbocycles. The lowest BCUT2D eigenvalue weighted by atomic mass is 10.2. The molecule has 2 aromatic rings. The average Bonchev–Trinajstić information content (AvgIpc) is 2.92. The van der Waals surface area contributed by atoms with E-state index in [9.17, 15) is 9.59 Å². The number of amides is 2. The van der Waals surface area contributed by atoms with Gasteiger partial charge in [-0.1, -0.05) is 30.3 Å². The predicted octanol–water partition coefficient (Wildman–Crippen LogP) is 2.51. The van der Waals surface area contributed by atoms with Crippen LogP contribution in [0.1, 0.15) is 22.3 Å². The lowest BCUT2D eigenvalue weighted by Crippen LogP contribution is -2.37. The number of aromatic nitrogens is 1.